The van der Waals surface area contributed by atoms with Crippen LogP contribution in [-0.2, 0) is 23.9 Å². The van der Waals surface area contributed by atoms with Gasteiger partial charge in [0.1, 0.15) is 6.10 Å². The summed E-state index contributed by atoms with van der Waals surface area (Å²) < 4.78 is 5.20. The fourth-order valence-electron chi connectivity index (χ4n) is 2.43. The van der Waals surface area contributed by atoms with Crippen LogP contribution in [0.1, 0.15) is 46.0 Å². The third-order valence-electron chi connectivity index (χ3n) is 3.45. The van der Waals surface area contributed by atoms with Gasteiger partial charge in [0.25, 0.3) is 0 Å². The van der Waals surface area contributed by atoms with E-state index in [1.807, 2.05) is 6.92 Å². The maximum absolute atomic E-state index is 12.0. The molecule has 2 atom stereocenters. The molecule has 1 aliphatic rings. The van der Waals surface area contributed by atoms with Crippen molar-refractivity contribution in [3.05, 3.63) is 12.7 Å². The van der Waals surface area contributed by atoms with E-state index in [0.717, 1.165) is 12.5 Å². The summed E-state index contributed by atoms with van der Waals surface area (Å²) in [6, 6.07) is 0. The molecule has 1 aliphatic heterocycles. The fraction of sp³-hybridized carbons (Fsp3) is 0.600. The molecule has 0 spiro atoms. The largest absolute Gasteiger partial charge is 0.459 e. The van der Waals surface area contributed by atoms with Crippen LogP contribution in [0.2, 0.25) is 0 Å². The lowest BCUT2D eigenvalue weighted by atomic mass is 9.97. The number of hydrogen-bond acceptors (Lipinski definition) is 5. The predicted molar refractivity (Wildman–Crippen MR) is 74.9 cm³/mol. The second-order valence-electron chi connectivity index (χ2n) is 5.12. The van der Waals surface area contributed by atoms with Gasteiger partial charge in [0, 0.05) is 25.3 Å². The molecule has 0 N–H and O–H groups in total. The smallest absolute Gasteiger partial charge is 0.330 e. The van der Waals surface area contributed by atoms with Crippen LogP contribution in [0, 0.1) is 5.92 Å². The topological polar surface area (TPSA) is 80.8 Å². The Kier molecular flexibility index (Phi) is 6.27. The summed E-state index contributed by atoms with van der Waals surface area (Å²) in [4.78, 5) is 46.8. The molecule has 116 valence electrons. The van der Waals surface area contributed by atoms with Gasteiger partial charge in [0.2, 0.25) is 17.7 Å². The number of amides is 3. The SMILES string of the molecule is C=CC(=O)OC(CCC)CCC1CC(=O)N(C(C)=O)C1=O. The van der Waals surface area contributed by atoms with Crippen LogP contribution in [0.3, 0.4) is 0 Å². The van der Waals surface area contributed by atoms with E-state index >= 15 is 0 Å². The van der Waals surface area contributed by atoms with E-state index in [-0.39, 0.29) is 12.5 Å². The minimum Gasteiger partial charge on any atom is -0.459 e. The zero-order valence-corrected chi connectivity index (χ0v) is 12.5. The maximum Gasteiger partial charge on any atom is 0.330 e. The Bertz CT molecular complexity index is 457. The lowest BCUT2D eigenvalue weighted by Gasteiger charge is -2.17. The normalized spacial score (nSPS) is 19.5. The summed E-state index contributed by atoms with van der Waals surface area (Å²) >= 11 is 0. The number of hydrogen-bond donors (Lipinski definition) is 0. The van der Waals surface area contributed by atoms with Crippen molar-refractivity contribution < 1.29 is 23.9 Å². The third kappa shape index (κ3) is 4.51. The minimum atomic E-state index is -0.546. The highest BCUT2D eigenvalue weighted by atomic mass is 16.5. The molecule has 0 aromatic rings. The molecule has 1 heterocycles. The van der Waals surface area contributed by atoms with Gasteiger partial charge in [0.05, 0.1) is 0 Å². The zero-order valence-electron chi connectivity index (χ0n) is 12.5. The highest BCUT2D eigenvalue weighted by Gasteiger charge is 2.40. The first kappa shape index (κ1) is 17.1. The van der Waals surface area contributed by atoms with Gasteiger partial charge < -0.3 is 4.74 Å². The number of nitrogens with zero attached hydrogens (tertiary/aromatic N) is 1. The number of imide groups is 3. The summed E-state index contributed by atoms with van der Waals surface area (Å²) in [6.45, 7) is 6.51. The van der Waals surface area contributed by atoms with E-state index in [0.29, 0.717) is 24.2 Å². The van der Waals surface area contributed by atoms with Crippen molar-refractivity contribution in [3.8, 4) is 0 Å². The Labute approximate surface area is 124 Å². The third-order valence-corrected chi connectivity index (χ3v) is 3.45. The predicted octanol–water partition coefficient (Wildman–Crippen LogP) is 1.59. The number of esters is 1. The molecule has 6 nitrogen and oxygen atoms in total. The first-order valence-electron chi connectivity index (χ1n) is 7.11. The van der Waals surface area contributed by atoms with Crippen molar-refractivity contribution in [2.45, 2.75) is 52.1 Å². The maximum atomic E-state index is 12.0. The van der Waals surface area contributed by atoms with E-state index in [9.17, 15) is 19.2 Å². The molecule has 0 radical (unpaired) electrons. The fourth-order valence-corrected chi connectivity index (χ4v) is 2.43. The number of carbonyl (C=O) groups is 4. The van der Waals surface area contributed by atoms with Crippen LogP contribution in [0.15, 0.2) is 12.7 Å². The second kappa shape index (κ2) is 7.71. The molecule has 0 aromatic carbocycles. The van der Waals surface area contributed by atoms with E-state index in [1.165, 1.54) is 6.92 Å². The van der Waals surface area contributed by atoms with Crippen LogP contribution in [0.25, 0.3) is 0 Å². The molecule has 0 aliphatic carbocycles. The van der Waals surface area contributed by atoms with Crippen LogP contribution < -0.4 is 0 Å². The molecule has 1 rings (SSSR count). The van der Waals surface area contributed by atoms with E-state index in [1.54, 1.807) is 0 Å². The van der Waals surface area contributed by atoms with Crippen molar-refractivity contribution in [1.29, 1.82) is 0 Å². The Morgan fingerprint density at radius 1 is 1.43 bits per heavy atom. The van der Waals surface area contributed by atoms with Gasteiger partial charge in [0.15, 0.2) is 0 Å². The molecule has 1 fully saturated rings. The monoisotopic (exact) mass is 295 g/mol. The Morgan fingerprint density at radius 3 is 2.57 bits per heavy atom. The average molecular weight is 295 g/mol. The molecule has 0 saturated carbocycles. The number of ether oxygens (including phenoxy) is 1. The van der Waals surface area contributed by atoms with Crippen LogP contribution >= 0.6 is 0 Å². The quantitative estimate of drug-likeness (QED) is 0.405. The van der Waals surface area contributed by atoms with E-state index in [4.69, 9.17) is 4.74 Å². The van der Waals surface area contributed by atoms with Gasteiger partial charge >= 0.3 is 5.97 Å². The molecule has 3 amide bonds. The Morgan fingerprint density at radius 2 is 2.10 bits per heavy atom. The van der Waals surface area contributed by atoms with Gasteiger partial charge in [-0.1, -0.05) is 19.9 Å². The zero-order chi connectivity index (χ0) is 16.0. The molecule has 21 heavy (non-hydrogen) atoms. The summed E-state index contributed by atoms with van der Waals surface area (Å²) in [6.07, 6.45) is 3.29. The van der Waals surface area contributed by atoms with Crippen molar-refractivity contribution in [2.75, 3.05) is 0 Å². The van der Waals surface area contributed by atoms with Gasteiger partial charge in [-0.05, 0) is 19.3 Å². The second-order valence-corrected chi connectivity index (χ2v) is 5.12. The highest BCUT2D eigenvalue weighted by molar-refractivity contribution is 6.15. The van der Waals surface area contributed by atoms with Gasteiger partial charge in [-0.3, -0.25) is 14.4 Å². The molecule has 2 unspecified atom stereocenters. The summed E-state index contributed by atoms with van der Waals surface area (Å²) in [5.41, 5.74) is 0. The number of carbonyl (C=O) groups excluding carboxylic acids is 4. The minimum absolute atomic E-state index is 0.0483. The molecule has 1 saturated heterocycles. The van der Waals surface area contributed by atoms with Crippen molar-refractivity contribution in [1.82, 2.24) is 4.90 Å². The lowest BCUT2D eigenvalue weighted by Crippen LogP contribution is -2.35. The van der Waals surface area contributed by atoms with E-state index < -0.39 is 29.6 Å². The first-order valence-corrected chi connectivity index (χ1v) is 7.11. The first-order chi connectivity index (χ1) is 9.90. The molecule has 0 aromatic heterocycles. The number of likely N-dealkylation sites (tertiary alicyclic amines) is 1. The Hall–Kier alpha value is -1.98. The molecule has 6 heteroatoms. The molecular formula is C15H21NO5. The van der Waals surface area contributed by atoms with Gasteiger partial charge in [-0.15, -0.1) is 0 Å². The van der Waals surface area contributed by atoms with E-state index in [2.05, 4.69) is 6.58 Å². The van der Waals surface area contributed by atoms with Crippen LogP contribution in [0.4, 0.5) is 0 Å². The summed E-state index contributed by atoms with van der Waals surface area (Å²) in [7, 11) is 0. The standard InChI is InChI=1S/C15H21NO5/c1-4-6-12(21-14(19)5-2)8-7-11-9-13(18)16(10(3)17)15(11)20/h5,11-12H,2,4,6-9H2,1,3H3. The van der Waals surface area contributed by atoms with Gasteiger partial charge in [-0.2, -0.15) is 0 Å². The van der Waals surface area contributed by atoms with Crippen LogP contribution in [0.5, 0.6) is 0 Å². The number of rotatable bonds is 7. The average Bonchev–Trinajstić information content (AvgIpc) is 2.70. The van der Waals surface area contributed by atoms with Crippen LogP contribution in [-0.4, -0.2) is 34.7 Å². The van der Waals surface area contributed by atoms with Crippen molar-refractivity contribution in [2.24, 2.45) is 5.92 Å². The van der Waals surface area contributed by atoms with Gasteiger partial charge in [-0.25, -0.2) is 9.69 Å². The lowest BCUT2D eigenvalue weighted by molar-refractivity contribution is -0.149. The molecular weight excluding hydrogens is 274 g/mol. The summed E-state index contributed by atoms with van der Waals surface area (Å²) in [5, 5.41) is 0. The summed E-state index contributed by atoms with van der Waals surface area (Å²) in [5.74, 6) is -2.43. The van der Waals surface area contributed by atoms with Crippen molar-refractivity contribution >= 4 is 23.7 Å². The van der Waals surface area contributed by atoms with Crippen molar-refractivity contribution in [3.63, 3.8) is 0 Å². The molecule has 0 bridgehead atoms. The Balaban J connectivity index is 2.58. The highest BCUT2D eigenvalue weighted by Crippen LogP contribution is 2.26.